The molecular formula is C24H20Cl2N4O6. The van der Waals surface area contributed by atoms with Gasteiger partial charge in [0, 0.05) is 24.8 Å². The van der Waals surface area contributed by atoms with Crippen LogP contribution in [0.1, 0.15) is 36.6 Å². The van der Waals surface area contributed by atoms with Gasteiger partial charge in [-0.2, -0.15) is 0 Å². The van der Waals surface area contributed by atoms with Crippen LogP contribution in [0.25, 0.3) is 0 Å². The first-order valence-electron chi connectivity index (χ1n) is 10.4. The van der Waals surface area contributed by atoms with Gasteiger partial charge in [-0.25, -0.2) is 9.78 Å². The number of benzene rings is 2. The number of carbonyl (C=O) groups excluding carboxylic acids is 3. The lowest BCUT2D eigenvalue weighted by atomic mass is 10.1. The lowest BCUT2D eigenvalue weighted by Gasteiger charge is -2.16. The molecule has 12 heteroatoms. The number of halogens is 2. The molecule has 1 aromatic heterocycles. The van der Waals surface area contributed by atoms with Gasteiger partial charge in [0.2, 0.25) is 0 Å². The van der Waals surface area contributed by atoms with Crippen LogP contribution in [0, 0.1) is 0 Å². The highest BCUT2D eigenvalue weighted by Gasteiger charge is 2.23. The Morgan fingerprint density at radius 2 is 1.61 bits per heavy atom. The van der Waals surface area contributed by atoms with Gasteiger partial charge in [-0.15, -0.1) is 0 Å². The molecule has 1 atom stereocenters. The van der Waals surface area contributed by atoms with E-state index in [0.717, 1.165) is 0 Å². The van der Waals surface area contributed by atoms with E-state index in [0.29, 0.717) is 5.56 Å². The fourth-order valence-electron chi connectivity index (χ4n) is 3.03. The van der Waals surface area contributed by atoms with Crippen LogP contribution in [0.3, 0.4) is 0 Å². The number of aliphatic carboxylic acids is 1. The quantitative estimate of drug-likeness (QED) is 0.266. The monoisotopic (exact) mass is 530 g/mol. The zero-order valence-corrected chi connectivity index (χ0v) is 20.0. The number of carboxylic acid groups (broad SMARTS) is 1. The zero-order valence-electron chi connectivity index (χ0n) is 18.5. The summed E-state index contributed by atoms with van der Waals surface area (Å²) in [5.74, 6) is -3.17. The first kappa shape index (κ1) is 26.5. The SMILES string of the molecule is O=C(NCc1cccc(O)c1)c1ccc(C(=O)N[C@@H](CNC(=O)c2ccc(Cl)nc2)C(=O)O)c(Cl)c1. The summed E-state index contributed by atoms with van der Waals surface area (Å²) in [5, 5.41) is 26.4. The number of aromatic nitrogens is 1. The highest BCUT2D eigenvalue weighted by molar-refractivity contribution is 6.34. The molecule has 3 amide bonds. The Hall–Kier alpha value is -4.15. The average molecular weight is 531 g/mol. The molecule has 5 N–H and O–H groups in total. The molecule has 36 heavy (non-hydrogen) atoms. The van der Waals surface area contributed by atoms with Crippen molar-refractivity contribution in [1.82, 2.24) is 20.9 Å². The third kappa shape index (κ3) is 7.17. The first-order chi connectivity index (χ1) is 17.1. The molecule has 10 nitrogen and oxygen atoms in total. The fourth-order valence-corrected chi connectivity index (χ4v) is 3.41. The van der Waals surface area contributed by atoms with E-state index in [4.69, 9.17) is 23.2 Å². The largest absolute Gasteiger partial charge is 0.508 e. The summed E-state index contributed by atoms with van der Waals surface area (Å²) < 4.78 is 0. The molecule has 0 fully saturated rings. The van der Waals surface area contributed by atoms with Crippen molar-refractivity contribution in [2.75, 3.05) is 6.54 Å². The normalized spacial score (nSPS) is 11.3. The Balaban J connectivity index is 1.60. The second-order valence-electron chi connectivity index (χ2n) is 7.49. The van der Waals surface area contributed by atoms with E-state index in [1.807, 2.05) is 0 Å². The Morgan fingerprint density at radius 1 is 0.889 bits per heavy atom. The van der Waals surface area contributed by atoms with Crippen LogP contribution < -0.4 is 16.0 Å². The molecule has 0 unspecified atom stereocenters. The summed E-state index contributed by atoms with van der Waals surface area (Å²) >= 11 is 11.9. The van der Waals surface area contributed by atoms with Crippen molar-refractivity contribution in [3.8, 4) is 5.75 Å². The molecule has 0 saturated carbocycles. The smallest absolute Gasteiger partial charge is 0.328 e. The van der Waals surface area contributed by atoms with Crippen molar-refractivity contribution in [2.24, 2.45) is 0 Å². The van der Waals surface area contributed by atoms with Gasteiger partial charge in [-0.1, -0.05) is 35.3 Å². The first-order valence-corrected chi connectivity index (χ1v) is 11.2. The molecule has 3 rings (SSSR count). The van der Waals surface area contributed by atoms with Crippen LogP contribution in [-0.2, 0) is 11.3 Å². The standard InChI is InChI=1S/C24H20Cl2N4O6/c25-18-9-14(21(32)28-10-13-2-1-3-16(31)8-13)4-6-17(18)23(34)30-19(24(35)36)12-29-22(33)15-5-7-20(26)27-11-15/h1-9,11,19,31H,10,12H2,(H,28,32)(H,29,33)(H,30,34)(H,35,36)/t19-/m0/s1. The van der Waals surface area contributed by atoms with Gasteiger partial charge < -0.3 is 26.2 Å². The zero-order chi connectivity index (χ0) is 26.2. The third-order valence-electron chi connectivity index (χ3n) is 4.90. The molecule has 0 radical (unpaired) electrons. The Morgan fingerprint density at radius 3 is 2.25 bits per heavy atom. The number of phenolic OH excluding ortho intramolecular Hbond substituents is 1. The maximum atomic E-state index is 12.6. The number of carbonyl (C=O) groups is 4. The minimum Gasteiger partial charge on any atom is -0.508 e. The Bertz CT molecular complexity index is 1300. The van der Waals surface area contributed by atoms with E-state index in [9.17, 15) is 29.4 Å². The van der Waals surface area contributed by atoms with Crippen LogP contribution in [0.5, 0.6) is 5.75 Å². The van der Waals surface area contributed by atoms with Crippen molar-refractivity contribution >= 4 is 46.9 Å². The lowest BCUT2D eigenvalue weighted by molar-refractivity contribution is -0.139. The highest BCUT2D eigenvalue weighted by Crippen LogP contribution is 2.19. The van der Waals surface area contributed by atoms with Gasteiger partial charge in [-0.3, -0.25) is 14.4 Å². The molecule has 2 aromatic carbocycles. The Kier molecular flexibility index (Phi) is 8.82. The van der Waals surface area contributed by atoms with Gasteiger partial charge in [0.05, 0.1) is 16.1 Å². The fraction of sp³-hybridized carbons (Fsp3) is 0.125. The number of nitrogens with one attached hydrogen (secondary N) is 3. The average Bonchev–Trinajstić information content (AvgIpc) is 2.85. The van der Waals surface area contributed by atoms with Crippen molar-refractivity contribution in [3.05, 3.63) is 93.2 Å². The molecular weight excluding hydrogens is 511 g/mol. The molecule has 1 heterocycles. The Labute approximate surface area is 215 Å². The van der Waals surface area contributed by atoms with Crippen LogP contribution >= 0.6 is 23.2 Å². The molecule has 0 aliphatic rings. The molecule has 3 aromatic rings. The summed E-state index contributed by atoms with van der Waals surface area (Å²) in [7, 11) is 0. The number of phenols is 1. The number of pyridine rings is 1. The van der Waals surface area contributed by atoms with Crippen LogP contribution in [0.4, 0.5) is 0 Å². The number of rotatable bonds is 9. The summed E-state index contributed by atoms with van der Waals surface area (Å²) in [6.07, 6.45) is 1.23. The van der Waals surface area contributed by atoms with Crippen molar-refractivity contribution in [2.45, 2.75) is 12.6 Å². The molecule has 0 bridgehead atoms. The van der Waals surface area contributed by atoms with Crippen LogP contribution in [0.15, 0.2) is 60.8 Å². The topological polar surface area (TPSA) is 158 Å². The van der Waals surface area contributed by atoms with E-state index in [2.05, 4.69) is 20.9 Å². The van der Waals surface area contributed by atoms with Crippen LogP contribution in [-0.4, -0.2) is 51.5 Å². The highest BCUT2D eigenvalue weighted by atomic mass is 35.5. The van der Waals surface area contributed by atoms with Gasteiger partial charge in [0.25, 0.3) is 17.7 Å². The number of amides is 3. The number of carboxylic acids is 1. The summed E-state index contributed by atoms with van der Waals surface area (Å²) in [6.45, 7) is -0.249. The predicted octanol–water partition coefficient (Wildman–Crippen LogP) is 2.64. The van der Waals surface area contributed by atoms with Crippen LogP contribution in [0.2, 0.25) is 10.2 Å². The molecule has 186 valence electrons. The minimum atomic E-state index is -1.46. The van der Waals surface area contributed by atoms with E-state index in [1.54, 1.807) is 12.1 Å². The van der Waals surface area contributed by atoms with E-state index < -0.39 is 36.3 Å². The maximum absolute atomic E-state index is 12.6. The summed E-state index contributed by atoms with van der Waals surface area (Å²) in [4.78, 5) is 52.6. The predicted molar refractivity (Wildman–Crippen MR) is 131 cm³/mol. The maximum Gasteiger partial charge on any atom is 0.328 e. The number of nitrogens with zero attached hydrogens (tertiary/aromatic N) is 1. The molecule has 0 saturated heterocycles. The number of hydrogen-bond acceptors (Lipinski definition) is 6. The minimum absolute atomic E-state index is 0.0549. The van der Waals surface area contributed by atoms with E-state index in [1.165, 1.54) is 48.7 Å². The van der Waals surface area contributed by atoms with Crippen molar-refractivity contribution < 1.29 is 29.4 Å². The summed E-state index contributed by atoms with van der Waals surface area (Å²) in [5.41, 5.74) is 0.969. The van der Waals surface area contributed by atoms with Crippen molar-refractivity contribution in [1.29, 1.82) is 0 Å². The molecule has 0 spiro atoms. The van der Waals surface area contributed by atoms with E-state index in [-0.39, 0.29) is 39.2 Å². The van der Waals surface area contributed by atoms with Gasteiger partial charge in [0.15, 0.2) is 0 Å². The number of hydrogen-bond donors (Lipinski definition) is 5. The summed E-state index contributed by atoms with van der Waals surface area (Å²) in [6, 6.07) is 11.7. The molecule has 0 aliphatic heterocycles. The second-order valence-corrected chi connectivity index (χ2v) is 8.29. The van der Waals surface area contributed by atoms with Gasteiger partial charge in [-0.05, 0) is 48.0 Å². The van der Waals surface area contributed by atoms with Gasteiger partial charge >= 0.3 is 5.97 Å². The van der Waals surface area contributed by atoms with Gasteiger partial charge in [0.1, 0.15) is 16.9 Å². The van der Waals surface area contributed by atoms with Crippen molar-refractivity contribution in [3.63, 3.8) is 0 Å². The second kappa shape index (κ2) is 12.0. The lowest BCUT2D eigenvalue weighted by Crippen LogP contribution is -2.48. The third-order valence-corrected chi connectivity index (χ3v) is 5.44. The number of aromatic hydroxyl groups is 1. The van der Waals surface area contributed by atoms with E-state index >= 15 is 0 Å². The molecule has 0 aliphatic carbocycles.